The number of hydrogen-bond donors (Lipinski definition) is 2. The van der Waals surface area contributed by atoms with Crippen LogP contribution in [0.4, 0.5) is 13.2 Å². The van der Waals surface area contributed by atoms with Gasteiger partial charge in [-0.25, -0.2) is 9.97 Å². The number of aliphatic hydroxyl groups excluding tert-OH is 2. The highest BCUT2D eigenvalue weighted by Gasteiger charge is 2.40. The Bertz CT molecular complexity index is 1050. The van der Waals surface area contributed by atoms with Gasteiger partial charge in [0.25, 0.3) is 0 Å². The van der Waals surface area contributed by atoms with E-state index in [0.29, 0.717) is 5.65 Å². The molecule has 1 fully saturated rings. The Labute approximate surface area is 164 Å². The first kappa shape index (κ1) is 19.8. The summed E-state index contributed by atoms with van der Waals surface area (Å²) in [4.78, 5) is 8.36. The van der Waals surface area contributed by atoms with Gasteiger partial charge in [0, 0.05) is 18.0 Å². The molecule has 29 heavy (non-hydrogen) atoms. The fraction of sp³-hybridized carbons (Fsp3) is 0.400. The largest absolute Gasteiger partial charge is 0.416 e. The molecule has 0 spiro atoms. The average Bonchev–Trinajstić information content (AvgIpc) is 3.25. The van der Waals surface area contributed by atoms with Crippen molar-refractivity contribution in [2.45, 2.75) is 51.0 Å². The number of nitrogens with zero attached hydrogens (tertiary/aromatic N) is 3. The Kier molecular flexibility index (Phi) is 4.84. The average molecular weight is 407 g/mol. The second-order valence-corrected chi connectivity index (χ2v) is 7.30. The first-order valence-corrected chi connectivity index (χ1v) is 9.14. The Morgan fingerprint density at radius 3 is 2.69 bits per heavy atom. The maximum atomic E-state index is 13.2. The zero-order chi connectivity index (χ0) is 20.9. The van der Waals surface area contributed by atoms with E-state index in [4.69, 9.17) is 4.74 Å². The summed E-state index contributed by atoms with van der Waals surface area (Å²) >= 11 is 0. The van der Waals surface area contributed by atoms with Crippen molar-refractivity contribution in [3.63, 3.8) is 0 Å². The van der Waals surface area contributed by atoms with E-state index in [1.54, 1.807) is 16.8 Å². The number of rotatable bonds is 3. The summed E-state index contributed by atoms with van der Waals surface area (Å²) in [5, 5.41) is 22.0. The highest BCUT2D eigenvalue weighted by molar-refractivity contribution is 5.78. The van der Waals surface area contributed by atoms with Gasteiger partial charge in [-0.2, -0.15) is 13.2 Å². The highest BCUT2D eigenvalue weighted by Crippen LogP contribution is 2.39. The van der Waals surface area contributed by atoms with Crippen molar-refractivity contribution in [2.24, 2.45) is 0 Å². The number of aliphatic hydroxyl groups is 2. The molecule has 154 valence electrons. The molecule has 3 aromatic rings. The third-order valence-corrected chi connectivity index (χ3v) is 5.36. The molecule has 2 N–H and O–H groups in total. The van der Waals surface area contributed by atoms with Crippen LogP contribution in [0, 0.1) is 13.8 Å². The number of benzene rings is 1. The monoisotopic (exact) mass is 407 g/mol. The number of ether oxygens (including phenoxy) is 1. The van der Waals surface area contributed by atoms with E-state index in [0.717, 1.165) is 17.1 Å². The van der Waals surface area contributed by atoms with Crippen LogP contribution >= 0.6 is 0 Å². The molecule has 3 heterocycles. The van der Waals surface area contributed by atoms with Crippen LogP contribution in [0.25, 0.3) is 11.0 Å². The highest BCUT2D eigenvalue weighted by atomic mass is 19.4. The molecular formula is C20H20F3N3O3. The predicted molar refractivity (Wildman–Crippen MR) is 97.9 cm³/mol. The van der Waals surface area contributed by atoms with Crippen molar-refractivity contribution in [3.05, 3.63) is 59.2 Å². The van der Waals surface area contributed by atoms with Crippen molar-refractivity contribution < 1.29 is 28.1 Å². The van der Waals surface area contributed by atoms with Gasteiger partial charge in [-0.15, -0.1) is 0 Å². The van der Waals surface area contributed by atoms with Crippen LogP contribution in [-0.4, -0.2) is 37.0 Å². The summed E-state index contributed by atoms with van der Waals surface area (Å²) < 4.78 is 47.1. The Balaban J connectivity index is 1.61. The maximum Gasteiger partial charge on any atom is 0.416 e. The molecule has 6 nitrogen and oxygen atoms in total. The Morgan fingerprint density at radius 1 is 1.21 bits per heavy atom. The van der Waals surface area contributed by atoms with Crippen molar-refractivity contribution in [3.8, 4) is 0 Å². The lowest BCUT2D eigenvalue weighted by Gasteiger charge is -2.21. The molecule has 1 aliphatic rings. The van der Waals surface area contributed by atoms with Gasteiger partial charge >= 0.3 is 6.18 Å². The van der Waals surface area contributed by atoms with Crippen LogP contribution in [-0.2, 0) is 10.9 Å². The zero-order valence-electron chi connectivity index (χ0n) is 15.8. The summed E-state index contributed by atoms with van der Waals surface area (Å²) in [5.74, 6) is 0. The number of halogens is 3. The van der Waals surface area contributed by atoms with Crippen LogP contribution in [0.5, 0.6) is 0 Å². The summed E-state index contributed by atoms with van der Waals surface area (Å²) in [6, 6.07) is 5.51. The zero-order valence-corrected chi connectivity index (χ0v) is 15.8. The van der Waals surface area contributed by atoms with Crippen LogP contribution in [0.3, 0.4) is 0 Å². The van der Waals surface area contributed by atoms with Crippen LogP contribution in [0.1, 0.15) is 41.1 Å². The van der Waals surface area contributed by atoms with Gasteiger partial charge in [-0.1, -0.05) is 12.1 Å². The number of alkyl halides is 3. The van der Waals surface area contributed by atoms with E-state index in [1.807, 2.05) is 6.92 Å². The molecule has 0 saturated carbocycles. The second-order valence-electron chi connectivity index (χ2n) is 7.30. The predicted octanol–water partition coefficient (Wildman–Crippen LogP) is 3.45. The van der Waals surface area contributed by atoms with Crippen molar-refractivity contribution >= 4 is 11.0 Å². The van der Waals surface area contributed by atoms with Crippen LogP contribution in [0.2, 0.25) is 0 Å². The van der Waals surface area contributed by atoms with Crippen molar-refractivity contribution in [1.29, 1.82) is 0 Å². The molecule has 1 saturated heterocycles. The Hall–Kier alpha value is -2.49. The molecule has 0 bridgehead atoms. The Morgan fingerprint density at radius 2 is 1.97 bits per heavy atom. The SMILES string of the molecule is Cc1ccc([C@@H](O)[C@@H]2C[C@@H](O)[C@H](n3ccc4c(C)ncnc43)O2)cc1C(F)(F)F. The van der Waals surface area contributed by atoms with E-state index >= 15 is 0 Å². The number of aryl methyl sites for hydroxylation is 2. The van der Waals surface area contributed by atoms with E-state index in [2.05, 4.69) is 9.97 Å². The molecule has 4 rings (SSSR count). The third kappa shape index (κ3) is 3.50. The molecule has 0 amide bonds. The van der Waals surface area contributed by atoms with Gasteiger partial charge in [-0.05, 0) is 37.1 Å². The topological polar surface area (TPSA) is 80.4 Å². The van der Waals surface area contributed by atoms with Crippen LogP contribution < -0.4 is 0 Å². The van der Waals surface area contributed by atoms with Crippen molar-refractivity contribution in [1.82, 2.24) is 14.5 Å². The minimum absolute atomic E-state index is 0.0742. The van der Waals surface area contributed by atoms with Crippen molar-refractivity contribution in [2.75, 3.05) is 0 Å². The summed E-state index contributed by atoms with van der Waals surface area (Å²) in [5.41, 5.74) is 0.722. The maximum absolute atomic E-state index is 13.2. The molecule has 4 atom stereocenters. The second kappa shape index (κ2) is 7.08. The lowest BCUT2D eigenvalue weighted by Crippen LogP contribution is -2.20. The van der Waals surface area contributed by atoms with E-state index in [-0.39, 0.29) is 17.5 Å². The molecular weight excluding hydrogens is 387 g/mol. The summed E-state index contributed by atoms with van der Waals surface area (Å²) in [6.45, 7) is 3.20. The number of hydrogen-bond acceptors (Lipinski definition) is 5. The molecule has 1 aromatic carbocycles. The third-order valence-electron chi connectivity index (χ3n) is 5.36. The van der Waals surface area contributed by atoms with E-state index in [1.165, 1.54) is 25.4 Å². The minimum atomic E-state index is -4.51. The van der Waals surface area contributed by atoms with Gasteiger partial charge < -0.3 is 19.5 Å². The fourth-order valence-electron chi connectivity index (χ4n) is 3.78. The lowest BCUT2D eigenvalue weighted by molar-refractivity contribution is -0.138. The molecule has 0 unspecified atom stereocenters. The van der Waals surface area contributed by atoms with Gasteiger partial charge in [0.1, 0.15) is 24.2 Å². The first-order valence-electron chi connectivity index (χ1n) is 9.14. The van der Waals surface area contributed by atoms with Gasteiger partial charge in [0.05, 0.1) is 17.4 Å². The van der Waals surface area contributed by atoms with Gasteiger partial charge in [-0.3, -0.25) is 0 Å². The lowest BCUT2D eigenvalue weighted by atomic mass is 9.97. The standard InChI is InChI=1S/C20H20F3N3O3/c1-10-3-4-12(7-14(10)20(21,22)23)17(28)16-8-15(27)19(29-16)26-6-5-13-11(2)24-9-25-18(13)26/h3-7,9,15-17,19,27-28H,8H2,1-2H3/t15-,16+,17-,19-/m1/s1. The molecule has 2 aromatic heterocycles. The normalized spacial score (nSPS) is 23.6. The van der Waals surface area contributed by atoms with Gasteiger partial charge in [0.15, 0.2) is 6.23 Å². The molecule has 0 aliphatic carbocycles. The molecule has 1 aliphatic heterocycles. The molecule has 0 radical (unpaired) electrons. The fourth-order valence-corrected chi connectivity index (χ4v) is 3.78. The summed E-state index contributed by atoms with van der Waals surface area (Å²) in [6.07, 6.45) is -5.25. The number of aromatic nitrogens is 3. The smallest absolute Gasteiger partial charge is 0.388 e. The minimum Gasteiger partial charge on any atom is -0.388 e. The summed E-state index contributed by atoms with van der Waals surface area (Å²) in [7, 11) is 0. The van der Waals surface area contributed by atoms with E-state index in [9.17, 15) is 23.4 Å². The first-order chi connectivity index (χ1) is 13.7. The quantitative estimate of drug-likeness (QED) is 0.695. The number of fused-ring (bicyclic) bond motifs is 1. The van der Waals surface area contributed by atoms with E-state index < -0.39 is 36.3 Å². The molecule has 9 heteroatoms. The van der Waals surface area contributed by atoms with Crippen LogP contribution in [0.15, 0.2) is 36.8 Å². The van der Waals surface area contributed by atoms with Gasteiger partial charge in [0.2, 0.25) is 0 Å².